The maximum Gasteiger partial charge on any atom is 0.251 e. The van der Waals surface area contributed by atoms with Gasteiger partial charge < -0.3 is 5.32 Å². The third-order valence-electron chi connectivity index (χ3n) is 3.40. The molecule has 2 rings (SSSR count). The lowest BCUT2D eigenvalue weighted by atomic mass is 10.1. The average Bonchev–Trinajstić information content (AvgIpc) is 2.44. The molecular formula is C17H17BrFNO. The molecule has 2 aromatic carbocycles. The SMILES string of the molecule is Cc1cc(C(=O)NCCc2ccc(F)cc2C)ccc1Br. The number of carbonyl (C=O) groups is 1. The fourth-order valence-electron chi connectivity index (χ4n) is 2.14. The zero-order valence-electron chi connectivity index (χ0n) is 12.0. The molecule has 0 aliphatic heterocycles. The number of amides is 1. The molecule has 1 N–H and O–H groups in total. The number of carbonyl (C=O) groups excluding carboxylic acids is 1. The summed E-state index contributed by atoms with van der Waals surface area (Å²) in [5.74, 6) is -0.323. The summed E-state index contributed by atoms with van der Waals surface area (Å²) in [6.45, 7) is 4.35. The summed E-state index contributed by atoms with van der Waals surface area (Å²) in [7, 11) is 0. The topological polar surface area (TPSA) is 29.1 Å². The number of halogens is 2. The molecule has 2 aromatic rings. The molecule has 0 spiro atoms. The molecule has 0 aromatic heterocycles. The van der Waals surface area contributed by atoms with Crippen molar-refractivity contribution in [1.82, 2.24) is 5.32 Å². The Morgan fingerprint density at radius 2 is 1.90 bits per heavy atom. The van der Waals surface area contributed by atoms with E-state index in [1.54, 1.807) is 12.1 Å². The van der Waals surface area contributed by atoms with Crippen molar-refractivity contribution in [2.45, 2.75) is 20.3 Å². The highest BCUT2D eigenvalue weighted by Crippen LogP contribution is 2.17. The van der Waals surface area contributed by atoms with Gasteiger partial charge in [-0.15, -0.1) is 0 Å². The molecular weight excluding hydrogens is 333 g/mol. The van der Waals surface area contributed by atoms with Crippen molar-refractivity contribution in [3.05, 3.63) is 68.9 Å². The van der Waals surface area contributed by atoms with Gasteiger partial charge >= 0.3 is 0 Å². The van der Waals surface area contributed by atoms with Crippen molar-refractivity contribution < 1.29 is 9.18 Å². The van der Waals surface area contributed by atoms with Crippen LogP contribution in [0.25, 0.3) is 0 Å². The molecule has 0 bridgehead atoms. The third kappa shape index (κ3) is 4.14. The predicted molar refractivity (Wildman–Crippen MR) is 86.1 cm³/mol. The Hall–Kier alpha value is -1.68. The Bertz CT molecular complexity index is 670. The van der Waals surface area contributed by atoms with Crippen LogP contribution >= 0.6 is 15.9 Å². The Morgan fingerprint density at radius 3 is 2.57 bits per heavy atom. The smallest absolute Gasteiger partial charge is 0.251 e. The quantitative estimate of drug-likeness (QED) is 0.881. The van der Waals surface area contributed by atoms with Gasteiger partial charge in [-0.05, 0) is 67.3 Å². The van der Waals surface area contributed by atoms with Gasteiger partial charge in [-0.25, -0.2) is 4.39 Å². The largest absolute Gasteiger partial charge is 0.352 e. The van der Waals surface area contributed by atoms with Gasteiger partial charge in [0.25, 0.3) is 5.91 Å². The lowest BCUT2D eigenvalue weighted by molar-refractivity contribution is 0.0954. The summed E-state index contributed by atoms with van der Waals surface area (Å²) in [5.41, 5.74) is 3.62. The summed E-state index contributed by atoms with van der Waals surface area (Å²) < 4.78 is 14.0. The van der Waals surface area contributed by atoms with Gasteiger partial charge in [-0.3, -0.25) is 4.79 Å². The molecule has 0 radical (unpaired) electrons. The van der Waals surface area contributed by atoms with Gasteiger partial charge in [0, 0.05) is 16.6 Å². The Balaban J connectivity index is 1.93. The molecule has 0 aliphatic carbocycles. The van der Waals surface area contributed by atoms with E-state index in [4.69, 9.17) is 0 Å². The minimum atomic E-state index is -0.231. The monoisotopic (exact) mass is 349 g/mol. The van der Waals surface area contributed by atoms with Crippen LogP contribution in [0.15, 0.2) is 40.9 Å². The molecule has 0 aliphatic rings. The lowest BCUT2D eigenvalue weighted by Gasteiger charge is -2.08. The Labute approximate surface area is 132 Å². The van der Waals surface area contributed by atoms with Gasteiger partial charge in [0.05, 0.1) is 0 Å². The third-order valence-corrected chi connectivity index (χ3v) is 4.29. The number of benzene rings is 2. The first kappa shape index (κ1) is 15.7. The molecule has 0 heterocycles. The van der Waals surface area contributed by atoms with Crippen LogP contribution in [-0.4, -0.2) is 12.5 Å². The van der Waals surface area contributed by atoms with Gasteiger partial charge in [-0.1, -0.05) is 22.0 Å². The summed E-state index contributed by atoms with van der Waals surface area (Å²) >= 11 is 3.41. The van der Waals surface area contributed by atoms with E-state index in [9.17, 15) is 9.18 Å². The van der Waals surface area contributed by atoms with Crippen LogP contribution in [0.4, 0.5) is 4.39 Å². The molecule has 0 saturated heterocycles. The van der Waals surface area contributed by atoms with Crippen LogP contribution in [0, 0.1) is 19.7 Å². The highest BCUT2D eigenvalue weighted by molar-refractivity contribution is 9.10. The molecule has 110 valence electrons. The van der Waals surface area contributed by atoms with E-state index in [1.165, 1.54) is 12.1 Å². The Kier molecular flexibility index (Phi) is 5.12. The predicted octanol–water partition coefficient (Wildman–Crippen LogP) is 4.18. The number of aryl methyl sites for hydroxylation is 2. The van der Waals surface area contributed by atoms with Crippen molar-refractivity contribution in [2.75, 3.05) is 6.54 Å². The first-order chi connectivity index (χ1) is 9.97. The van der Waals surface area contributed by atoms with Crippen molar-refractivity contribution in [2.24, 2.45) is 0 Å². The summed E-state index contributed by atoms with van der Waals surface area (Å²) in [6, 6.07) is 10.2. The lowest BCUT2D eigenvalue weighted by Crippen LogP contribution is -2.25. The van der Waals surface area contributed by atoms with Gasteiger partial charge in [0.15, 0.2) is 0 Å². The molecule has 0 saturated carbocycles. The molecule has 0 unspecified atom stereocenters. The highest BCUT2D eigenvalue weighted by Gasteiger charge is 2.07. The van der Waals surface area contributed by atoms with Crippen LogP contribution in [-0.2, 0) is 6.42 Å². The average molecular weight is 350 g/mol. The summed E-state index contributed by atoms with van der Waals surface area (Å²) in [6.07, 6.45) is 0.688. The van der Waals surface area contributed by atoms with Crippen LogP contribution < -0.4 is 5.32 Å². The second kappa shape index (κ2) is 6.85. The second-order valence-electron chi connectivity index (χ2n) is 5.04. The van der Waals surface area contributed by atoms with Gasteiger partial charge in [0.2, 0.25) is 0 Å². The fourth-order valence-corrected chi connectivity index (χ4v) is 2.39. The molecule has 0 atom stereocenters. The van der Waals surface area contributed by atoms with Gasteiger partial charge in [-0.2, -0.15) is 0 Å². The second-order valence-corrected chi connectivity index (χ2v) is 5.90. The molecule has 4 heteroatoms. The number of nitrogens with one attached hydrogen (secondary N) is 1. The first-order valence-corrected chi connectivity index (χ1v) is 7.56. The maximum atomic E-state index is 13.0. The fraction of sp³-hybridized carbons (Fsp3) is 0.235. The molecule has 1 amide bonds. The van der Waals surface area contributed by atoms with E-state index in [0.29, 0.717) is 18.5 Å². The Morgan fingerprint density at radius 1 is 1.14 bits per heavy atom. The maximum absolute atomic E-state index is 13.0. The van der Waals surface area contributed by atoms with Crippen molar-refractivity contribution in [3.63, 3.8) is 0 Å². The number of hydrogen-bond donors (Lipinski definition) is 1. The zero-order valence-corrected chi connectivity index (χ0v) is 13.6. The van der Waals surface area contributed by atoms with E-state index >= 15 is 0 Å². The summed E-state index contributed by atoms with van der Waals surface area (Å²) in [4.78, 5) is 12.1. The van der Waals surface area contributed by atoms with E-state index in [2.05, 4.69) is 21.2 Å². The minimum absolute atomic E-state index is 0.0923. The van der Waals surface area contributed by atoms with Crippen molar-refractivity contribution >= 4 is 21.8 Å². The van der Waals surface area contributed by atoms with E-state index < -0.39 is 0 Å². The van der Waals surface area contributed by atoms with E-state index in [-0.39, 0.29) is 11.7 Å². The van der Waals surface area contributed by atoms with Crippen LogP contribution in [0.3, 0.4) is 0 Å². The van der Waals surface area contributed by atoms with E-state index in [0.717, 1.165) is 21.2 Å². The normalized spacial score (nSPS) is 10.5. The molecule has 2 nitrogen and oxygen atoms in total. The number of rotatable bonds is 4. The van der Waals surface area contributed by atoms with Crippen LogP contribution in [0.2, 0.25) is 0 Å². The summed E-state index contributed by atoms with van der Waals surface area (Å²) in [5, 5.41) is 2.89. The van der Waals surface area contributed by atoms with E-state index in [1.807, 2.05) is 26.0 Å². The molecule has 0 fully saturated rings. The minimum Gasteiger partial charge on any atom is -0.352 e. The molecule has 21 heavy (non-hydrogen) atoms. The highest BCUT2D eigenvalue weighted by atomic mass is 79.9. The first-order valence-electron chi connectivity index (χ1n) is 6.77. The van der Waals surface area contributed by atoms with Crippen LogP contribution in [0.5, 0.6) is 0 Å². The van der Waals surface area contributed by atoms with Crippen molar-refractivity contribution in [3.8, 4) is 0 Å². The van der Waals surface area contributed by atoms with Crippen LogP contribution in [0.1, 0.15) is 27.0 Å². The van der Waals surface area contributed by atoms with Gasteiger partial charge in [0.1, 0.15) is 5.82 Å². The van der Waals surface area contributed by atoms with Crippen molar-refractivity contribution in [1.29, 1.82) is 0 Å². The standard InChI is InChI=1S/C17H17BrFNO/c1-11-10-15(19)5-3-13(11)7-8-20-17(21)14-4-6-16(18)12(2)9-14/h3-6,9-10H,7-8H2,1-2H3,(H,20,21). The number of hydrogen-bond acceptors (Lipinski definition) is 1. The zero-order chi connectivity index (χ0) is 15.4.